The van der Waals surface area contributed by atoms with E-state index in [2.05, 4.69) is 10.0 Å². The first-order valence-corrected chi connectivity index (χ1v) is 9.18. The third kappa shape index (κ3) is 3.37. The van der Waals surface area contributed by atoms with Gasteiger partial charge in [0, 0.05) is 11.1 Å². The second-order valence-corrected chi connectivity index (χ2v) is 7.48. The summed E-state index contributed by atoms with van der Waals surface area (Å²) in [5.74, 6) is -0.679. The number of amides is 1. The van der Waals surface area contributed by atoms with Gasteiger partial charge in [-0.15, -0.1) is 0 Å². The first kappa shape index (κ1) is 17.8. The van der Waals surface area contributed by atoms with Crippen molar-refractivity contribution in [2.75, 3.05) is 12.4 Å². The van der Waals surface area contributed by atoms with Gasteiger partial charge < -0.3 is 9.73 Å². The Labute approximate surface area is 149 Å². The molecular formula is C18H16N2O5S. The van der Waals surface area contributed by atoms with Gasteiger partial charge in [0.1, 0.15) is 11.1 Å². The molecule has 3 rings (SSSR count). The molecule has 0 radical (unpaired) electrons. The summed E-state index contributed by atoms with van der Waals surface area (Å²) in [6.45, 7) is 1.65. The van der Waals surface area contributed by atoms with Crippen molar-refractivity contribution in [2.24, 2.45) is 0 Å². The molecule has 0 saturated carbocycles. The molecule has 0 aliphatic heterocycles. The summed E-state index contributed by atoms with van der Waals surface area (Å²) in [5, 5.41) is 3.15. The maximum Gasteiger partial charge on any atom is 0.349 e. The molecule has 2 aromatic carbocycles. The van der Waals surface area contributed by atoms with E-state index < -0.39 is 21.6 Å². The average molecular weight is 372 g/mol. The molecule has 0 spiro atoms. The predicted molar refractivity (Wildman–Crippen MR) is 97.9 cm³/mol. The summed E-state index contributed by atoms with van der Waals surface area (Å²) in [4.78, 5) is 24.6. The number of carbonyl (C=O) groups is 1. The first-order valence-electron chi connectivity index (χ1n) is 7.70. The summed E-state index contributed by atoms with van der Waals surface area (Å²) < 4.78 is 31.5. The molecule has 0 saturated heterocycles. The van der Waals surface area contributed by atoms with E-state index in [1.807, 2.05) is 0 Å². The van der Waals surface area contributed by atoms with E-state index in [0.717, 1.165) is 0 Å². The molecule has 0 atom stereocenters. The fourth-order valence-corrected chi connectivity index (χ4v) is 3.49. The Hall–Kier alpha value is -2.97. The molecule has 0 fully saturated rings. The first-order chi connectivity index (χ1) is 12.3. The highest BCUT2D eigenvalue weighted by atomic mass is 32.2. The minimum atomic E-state index is -3.67. The van der Waals surface area contributed by atoms with Crippen molar-refractivity contribution < 1.29 is 17.6 Å². The molecule has 8 heteroatoms. The van der Waals surface area contributed by atoms with Crippen LogP contribution in [-0.4, -0.2) is 21.4 Å². The maximum absolute atomic E-state index is 12.5. The molecule has 2 N–H and O–H groups in total. The van der Waals surface area contributed by atoms with E-state index in [9.17, 15) is 18.0 Å². The highest BCUT2D eigenvalue weighted by Gasteiger charge is 2.18. The molecule has 0 bridgehead atoms. The quantitative estimate of drug-likeness (QED) is 0.684. The molecule has 0 aliphatic carbocycles. The van der Waals surface area contributed by atoms with Crippen molar-refractivity contribution >= 4 is 32.6 Å². The Morgan fingerprint density at radius 1 is 1.08 bits per heavy atom. The second kappa shape index (κ2) is 6.74. The van der Waals surface area contributed by atoms with Crippen LogP contribution in [0, 0.1) is 6.92 Å². The zero-order valence-corrected chi connectivity index (χ0v) is 14.9. The molecule has 1 heterocycles. The van der Waals surface area contributed by atoms with Crippen molar-refractivity contribution in [2.45, 2.75) is 11.8 Å². The molecule has 3 aromatic rings. The summed E-state index contributed by atoms with van der Waals surface area (Å²) >= 11 is 0. The van der Waals surface area contributed by atoms with E-state index in [1.54, 1.807) is 43.3 Å². The fraction of sp³-hybridized carbons (Fsp3) is 0.111. The minimum Gasteiger partial charge on any atom is -0.422 e. The third-order valence-electron chi connectivity index (χ3n) is 3.89. The standard InChI is InChI=1S/C18H16N2O5S/c1-11-7-8-13(10-16(11)26(23,24)19-2)20-17(21)14-9-12-5-3-4-6-15(12)25-18(14)22/h3-10,19H,1-2H3,(H,20,21). The molecule has 7 nitrogen and oxygen atoms in total. The van der Waals surface area contributed by atoms with Crippen molar-refractivity contribution in [3.63, 3.8) is 0 Å². The fourth-order valence-electron chi connectivity index (χ4n) is 2.50. The lowest BCUT2D eigenvalue weighted by Crippen LogP contribution is -2.22. The van der Waals surface area contributed by atoms with Crippen LogP contribution in [0.25, 0.3) is 11.0 Å². The van der Waals surface area contributed by atoms with Gasteiger partial charge in [-0.3, -0.25) is 4.79 Å². The number of fused-ring (bicyclic) bond motifs is 1. The van der Waals surface area contributed by atoms with E-state index in [-0.39, 0.29) is 16.1 Å². The molecule has 26 heavy (non-hydrogen) atoms. The van der Waals surface area contributed by atoms with Gasteiger partial charge >= 0.3 is 5.63 Å². The van der Waals surface area contributed by atoms with Crippen LogP contribution in [0.2, 0.25) is 0 Å². The van der Waals surface area contributed by atoms with Crippen LogP contribution in [-0.2, 0) is 10.0 Å². The molecule has 1 aromatic heterocycles. The monoisotopic (exact) mass is 372 g/mol. The van der Waals surface area contributed by atoms with Crippen LogP contribution < -0.4 is 15.7 Å². The zero-order valence-electron chi connectivity index (χ0n) is 14.1. The number of anilines is 1. The Bertz CT molecular complexity index is 1170. The Morgan fingerprint density at radius 2 is 1.81 bits per heavy atom. The van der Waals surface area contributed by atoms with Gasteiger partial charge in [0.15, 0.2) is 0 Å². The minimum absolute atomic E-state index is 0.0448. The third-order valence-corrected chi connectivity index (χ3v) is 5.45. The molecule has 0 aliphatic rings. The Balaban J connectivity index is 1.97. The van der Waals surface area contributed by atoms with Crippen molar-refractivity contribution in [1.82, 2.24) is 4.72 Å². The number of rotatable bonds is 4. The number of hydrogen-bond donors (Lipinski definition) is 2. The molecule has 1 amide bonds. The normalized spacial score (nSPS) is 11.5. The van der Waals surface area contributed by atoms with E-state index in [0.29, 0.717) is 16.5 Å². The van der Waals surface area contributed by atoms with Crippen molar-refractivity contribution in [3.8, 4) is 0 Å². The van der Waals surface area contributed by atoms with Crippen LogP contribution in [0.5, 0.6) is 0 Å². The molecule has 0 unspecified atom stereocenters. The summed E-state index contributed by atoms with van der Waals surface area (Å²) in [7, 11) is -2.36. The van der Waals surface area contributed by atoms with Crippen LogP contribution >= 0.6 is 0 Å². The summed E-state index contributed by atoms with van der Waals surface area (Å²) in [6.07, 6.45) is 0. The van der Waals surface area contributed by atoms with Crippen LogP contribution in [0.1, 0.15) is 15.9 Å². The van der Waals surface area contributed by atoms with E-state index >= 15 is 0 Å². The molecule has 134 valence electrons. The van der Waals surface area contributed by atoms with E-state index in [1.165, 1.54) is 19.2 Å². The number of carbonyl (C=O) groups excluding carboxylic acids is 1. The average Bonchev–Trinajstić information content (AvgIpc) is 2.62. The topological polar surface area (TPSA) is 105 Å². The van der Waals surface area contributed by atoms with Gasteiger partial charge in [-0.25, -0.2) is 17.9 Å². The van der Waals surface area contributed by atoms with Gasteiger partial charge in [-0.2, -0.15) is 0 Å². The van der Waals surface area contributed by atoms with Gasteiger partial charge in [0.2, 0.25) is 10.0 Å². The van der Waals surface area contributed by atoms with Crippen molar-refractivity contribution in [3.05, 3.63) is 70.1 Å². The lowest BCUT2D eigenvalue weighted by Gasteiger charge is -2.10. The highest BCUT2D eigenvalue weighted by Crippen LogP contribution is 2.21. The van der Waals surface area contributed by atoms with Gasteiger partial charge in [0.25, 0.3) is 5.91 Å². The smallest absolute Gasteiger partial charge is 0.349 e. The van der Waals surface area contributed by atoms with Crippen LogP contribution in [0.15, 0.2) is 62.6 Å². The lowest BCUT2D eigenvalue weighted by atomic mass is 10.1. The Kier molecular flexibility index (Phi) is 4.62. The largest absolute Gasteiger partial charge is 0.422 e. The SMILES string of the molecule is CNS(=O)(=O)c1cc(NC(=O)c2cc3ccccc3oc2=O)ccc1C. The van der Waals surface area contributed by atoms with Crippen LogP contribution in [0.4, 0.5) is 5.69 Å². The van der Waals surface area contributed by atoms with Gasteiger partial charge in [0.05, 0.1) is 4.90 Å². The number of para-hydroxylation sites is 1. The number of benzene rings is 2. The summed E-state index contributed by atoms with van der Waals surface area (Å²) in [5.41, 5.74) is 0.231. The number of sulfonamides is 1. The van der Waals surface area contributed by atoms with E-state index in [4.69, 9.17) is 4.42 Å². The summed E-state index contributed by atoms with van der Waals surface area (Å²) in [6, 6.07) is 12.7. The number of aryl methyl sites for hydroxylation is 1. The van der Waals surface area contributed by atoms with Crippen LogP contribution in [0.3, 0.4) is 0 Å². The van der Waals surface area contributed by atoms with Gasteiger partial charge in [-0.05, 0) is 43.8 Å². The predicted octanol–water partition coefficient (Wildman–Crippen LogP) is 2.26. The second-order valence-electron chi connectivity index (χ2n) is 5.63. The highest BCUT2D eigenvalue weighted by molar-refractivity contribution is 7.89. The zero-order chi connectivity index (χ0) is 18.9. The lowest BCUT2D eigenvalue weighted by molar-refractivity contribution is 0.102. The van der Waals surface area contributed by atoms with Crippen molar-refractivity contribution in [1.29, 1.82) is 0 Å². The molecular weight excluding hydrogens is 356 g/mol. The van der Waals surface area contributed by atoms with Gasteiger partial charge in [-0.1, -0.05) is 24.3 Å². The number of hydrogen-bond acceptors (Lipinski definition) is 5. The maximum atomic E-state index is 12.5. The Morgan fingerprint density at radius 3 is 2.54 bits per heavy atom. The number of nitrogens with one attached hydrogen (secondary N) is 2.